The molecule has 0 spiro atoms. The van der Waals surface area contributed by atoms with Gasteiger partial charge >= 0.3 is 5.63 Å². The smallest absolute Gasteiger partial charge is 0.348 e. The zero-order valence-corrected chi connectivity index (χ0v) is 15.3. The van der Waals surface area contributed by atoms with E-state index in [2.05, 4.69) is 4.98 Å². The van der Waals surface area contributed by atoms with E-state index in [1.54, 1.807) is 36.4 Å². The highest BCUT2D eigenvalue weighted by atomic mass is 35.5. The van der Waals surface area contributed by atoms with Gasteiger partial charge in [0.2, 0.25) is 0 Å². The largest absolute Gasteiger partial charge is 0.506 e. The lowest BCUT2D eigenvalue weighted by molar-refractivity contribution is 0.471. The van der Waals surface area contributed by atoms with Crippen LogP contribution in [0.4, 0.5) is 0 Å². The summed E-state index contributed by atoms with van der Waals surface area (Å²) in [6, 6.07) is 22.0. The third kappa shape index (κ3) is 2.50. The zero-order valence-electron chi connectivity index (χ0n) is 14.6. The standard InChI is InChI=1S/C23H14ClNO3/c24-14-10-11-15-17(12-14)25-21(13-6-2-1-3-7-13)19(15)20-22(26)16-8-4-5-9-18(16)28-23(20)27/h1-12,25-26H. The lowest BCUT2D eigenvalue weighted by atomic mass is 9.98. The molecule has 0 aliphatic rings. The molecule has 3 aromatic carbocycles. The molecule has 0 aliphatic heterocycles. The molecule has 0 saturated carbocycles. The molecule has 4 nitrogen and oxygen atoms in total. The number of aromatic amines is 1. The first-order valence-electron chi connectivity index (χ1n) is 8.75. The van der Waals surface area contributed by atoms with Crippen molar-refractivity contribution in [2.24, 2.45) is 0 Å². The lowest BCUT2D eigenvalue weighted by Gasteiger charge is -2.09. The number of H-pyrrole nitrogens is 1. The van der Waals surface area contributed by atoms with Crippen molar-refractivity contribution in [1.82, 2.24) is 4.98 Å². The quantitative estimate of drug-likeness (QED) is 0.367. The highest BCUT2D eigenvalue weighted by Crippen LogP contribution is 2.42. The van der Waals surface area contributed by atoms with Crippen LogP contribution in [0, 0.1) is 0 Å². The number of rotatable bonds is 2. The van der Waals surface area contributed by atoms with Crippen LogP contribution in [0.25, 0.3) is 44.3 Å². The Labute approximate surface area is 164 Å². The van der Waals surface area contributed by atoms with Crippen molar-refractivity contribution in [3.05, 3.63) is 88.2 Å². The minimum atomic E-state index is -0.593. The molecule has 0 saturated heterocycles. The van der Waals surface area contributed by atoms with Crippen LogP contribution in [0.3, 0.4) is 0 Å². The van der Waals surface area contributed by atoms with E-state index in [0.29, 0.717) is 21.6 Å². The molecular formula is C23H14ClNO3. The summed E-state index contributed by atoms with van der Waals surface area (Å²) in [5.74, 6) is -0.0973. The molecule has 5 aromatic rings. The summed E-state index contributed by atoms with van der Waals surface area (Å²) in [6.07, 6.45) is 0. The van der Waals surface area contributed by atoms with Crippen molar-refractivity contribution in [2.75, 3.05) is 0 Å². The second-order valence-corrected chi connectivity index (χ2v) is 6.98. The van der Waals surface area contributed by atoms with E-state index in [1.807, 2.05) is 36.4 Å². The minimum absolute atomic E-state index is 0.0973. The van der Waals surface area contributed by atoms with Crippen molar-refractivity contribution < 1.29 is 9.52 Å². The minimum Gasteiger partial charge on any atom is -0.506 e. The van der Waals surface area contributed by atoms with E-state index in [1.165, 1.54) is 0 Å². The van der Waals surface area contributed by atoms with Crippen molar-refractivity contribution in [2.45, 2.75) is 0 Å². The second kappa shape index (κ2) is 6.29. The number of aromatic nitrogens is 1. The fourth-order valence-electron chi connectivity index (χ4n) is 3.60. The van der Waals surface area contributed by atoms with Gasteiger partial charge in [-0.05, 0) is 29.8 Å². The average Bonchev–Trinajstić information content (AvgIpc) is 3.07. The second-order valence-electron chi connectivity index (χ2n) is 6.54. The van der Waals surface area contributed by atoms with Crippen LogP contribution in [0.2, 0.25) is 5.02 Å². The van der Waals surface area contributed by atoms with Gasteiger partial charge in [-0.3, -0.25) is 0 Å². The van der Waals surface area contributed by atoms with Gasteiger partial charge < -0.3 is 14.5 Å². The molecule has 2 N–H and O–H groups in total. The molecule has 0 fully saturated rings. The molecule has 0 amide bonds. The fraction of sp³-hybridized carbons (Fsp3) is 0. The first-order chi connectivity index (χ1) is 13.6. The number of para-hydroxylation sites is 1. The van der Waals surface area contributed by atoms with E-state index in [0.717, 1.165) is 22.2 Å². The number of aromatic hydroxyl groups is 1. The van der Waals surface area contributed by atoms with Gasteiger partial charge in [-0.25, -0.2) is 4.79 Å². The molecule has 136 valence electrons. The summed E-state index contributed by atoms with van der Waals surface area (Å²) in [6.45, 7) is 0. The van der Waals surface area contributed by atoms with E-state index in [-0.39, 0.29) is 11.3 Å². The van der Waals surface area contributed by atoms with E-state index >= 15 is 0 Å². The maximum Gasteiger partial charge on any atom is 0.348 e. The Morgan fingerprint density at radius 1 is 0.857 bits per heavy atom. The van der Waals surface area contributed by atoms with Crippen molar-refractivity contribution in [1.29, 1.82) is 0 Å². The first-order valence-corrected chi connectivity index (χ1v) is 9.13. The Hall–Kier alpha value is -3.50. The lowest BCUT2D eigenvalue weighted by Crippen LogP contribution is -2.04. The number of hydrogen-bond acceptors (Lipinski definition) is 3. The van der Waals surface area contributed by atoms with Gasteiger partial charge in [-0.2, -0.15) is 0 Å². The van der Waals surface area contributed by atoms with Gasteiger partial charge in [0.15, 0.2) is 0 Å². The summed E-state index contributed by atoms with van der Waals surface area (Å²) in [5, 5.41) is 12.8. The van der Waals surface area contributed by atoms with Crippen molar-refractivity contribution in [3.8, 4) is 28.1 Å². The number of hydrogen-bond donors (Lipinski definition) is 2. The van der Waals surface area contributed by atoms with Gasteiger partial charge in [-0.1, -0.05) is 60.1 Å². The number of benzene rings is 3. The molecule has 28 heavy (non-hydrogen) atoms. The highest BCUT2D eigenvalue weighted by Gasteiger charge is 2.23. The fourth-order valence-corrected chi connectivity index (χ4v) is 3.78. The monoisotopic (exact) mass is 387 g/mol. The molecule has 0 bridgehead atoms. The topological polar surface area (TPSA) is 66.2 Å². The number of nitrogens with one attached hydrogen (secondary N) is 1. The van der Waals surface area contributed by atoms with Crippen LogP contribution in [0.5, 0.6) is 5.75 Å². The van der Waals surface area contributed by atoms with Crippen LogP contribution in [0.1, 0.15) is 0 Å². The Morgan fingerprint density at radius 2 is 1.61 bits per heavy atom. The van der Waals surface area contributed by atoms with Crippen LogP contribution >= 0.6 is 11.6 Å². The molecular weight excluding hydrogens is 374 g/mol. The van der Waals surface area contributed by atoms with Crippen LogP contribution < -0.4 is 5.63 Å². The van der Waals surface area contributed by atoms with Gasteiger partial charge in [0.1, 0.15) is 16.9 Å². The summed E-state index contributed by atoms with van der Waals surface area (Å²) < 4.78 is 5.51. The van der Waals surface area contributed by atoms with Crippen LogP contribution in [0.15, 0.2) is 82.0 Å². The van der Waals surface area contributed by atoms with Gasteiger partial charge in [0.25, 0.3) is 0 Å². The van der Waals surface area contributed by atoms with Crippen molar-refractivity contribution >= 4 is 33.5 Å². The molecule has 5 heteroatoms. The third-order valence-corrected chi connectivity index (χ3v) is 5.09. The number of fused-ring (bicyclic) bond motifs is 2. The molecule has 0 aliphatic carbocycles. The van der Waals surface area contributed by atoms with Crippen LogP contribution in [-0.4, -0.2) is 10.1 Å². The molecule has 2 heterocycles. The Kier molecular flexibility index (Phi) is 3.74. The predicted octanol–water partition coefficient (Wildman–Crippen LogP) is 5.97. The highest BCUT2D eigenvalue weighted by molar-refractivity contribution is 6.31. The molecule has 5 rings (SSSR count). The SMILES string of the molecule is O=c1oc2ccccc2c(O)c1-c1c(-c2ccccc2)[nH]c2cc(Cl)ccc12. The summed E-state index contributed by atoms with van der Waals surface area (Å²) >= 11 is 6.16. The van der Waals surface area contributed by atoms with E-state index in [9.17, 15) is 9.90 Å². The van der Waals surface area contributed by atoms with Crippen LogP contribution in [-0.2, 0) is 0 Å². The Morgan fingerprint density at radius 3 is 2.43 bits per heavy atom. The predicted molar refractivity (Wildman–Crippen MR) is 112 cm³/mol. The summed E-state index contributed by atoms with van der Waals surface area (Å²) in [4.78, 5) is 16.2. The maximum absolute atomic E-state index is 12.9. The Bertz CT molecular complexity index is 1400. The molecule has 0 unspecified atom stereocenters. The maximum atomic E-state index is 12.9. The van der Waals surface area contributed by atoms with Gasteiger partial charge in [0, 0.05) is 21.5 Å². The van der Waals surface area contributed by atoms with Gasteiger partial charge in [-0.15, -0.1) is 0 Å². The van der Waals surface area contributed by atoms with E-state index in [4.69, 9.17) is 16.0 Å². The Balaban J connectivity index is 1.94. The molecule has 0 atom stereocenters. The number of halogens is 1. The normalized spacial score (nSPS) is 11.3. The summed E-state index contributed by atoms with van der Waals surface area (Å²) in [7, 11) is 0. The third-order valence-electron chi connectivity index (χ3n) is 4.86. The molecule has 0 radical (unpaired) electrons. The molecule has 2 aromatic heterocycles. The van der Waals surface area contributed by atoms with Crippen molar-refractivity contribution in [3.63, 3.8) is 0 Å². The average molecular weight is 388 g/mol. The first kappa shape index (κ1) is 16.7. The summed E-state index contributed by atoms with van der Waals surface area (Å²) in [5.41, 5.74) is 2.85. The van der Waals surface area contributed by atoms with E-state index < -0.39 is 5.63 Å². The van der Waals surface area contributed by atoms with Gasteiger partial charge in [0.05, 0.1) is 11.1 Å². The zero-order chi connectivity index (χ0) is 19.3.